The molecule has 1 fully saturated rings. The molecule has 0 spiro atoms. The predicted molar refractivity (Wildman–Crippen MR) is 64.9 cm³/mol. The molecule has 0 aromatic heterocycles. The summed E-state index contributed by atoms with van der Waals surface area (Å²) in [5.41, 5.74) is 0.768. The molecule has 0 radical (unpaired) electrons. The van der Waals surface area contributed by atoms with Crippen molar-refractivity contribution in [3.05, 3.63) is 29.8 Å². The normalized spacial score (nSPS) is 23.9. The number of ether oxygens (including phenoxy) is 1. The van der Waals surface area contributed by atoms with Crippen LogP contribution in [-0.2, 0) is 0 Å². The molecule has 1 aromatic carbocycles. The smallest absolute Gasteiger partial charge is 0.248 e. The lowest BCUT2D eigenvalue weighted by molar-refractivity contribution is 0.00292. The number of hydrogen-bond acceptors (Lipinski definition) is 2. The van der Waals surface area contributed by atoms with Crippen LogP contribution in [0.15, 0.2) is 24.3 Å². The van der Waals surface area contributed by atoms with Crippen LogP contribution >= 0.6 is 0 Å². The highest BCUT2D eigenvalue weighted by atomic mass is 19.3. The molecule has 0 saturated heterocycles. The van der Waals surface area contributed by atoms with E-state index in [1.165, 1.54) is 0 Å². The SMILES string of the molecule is C[C@H](O)c1cccc(OCC2CCC(F)(F)C2)c1. The monoisotopic (exact) mass is 256 g/mol. The van der Waals surface area contributed by atoms with Gasteiger partial charge in [-0.2, -0.15) is 0 Å². The Balaban J connectivity index is 1.89. The highest BCUT2D eigenvalue weighted by Crippen LogP contribution is 2.38. The Kier molecular flexibility index (Phi) is 3.85. The van der Waals surface area contributed by atoms with Crippen molar-refractivity contribution in [3.8, 4) is 5.75 Å². The van der Waals surface area contributed by atoms with Crippen LogP contribution in [0.5, 0.6) is 5.75 Å². The zero-order valence-electron chi connectivity index (χ0n) is 10.4. The third-order valence-electron chi connectivity index (χ3n) is 3.33. The molecule has 4 heteroatoms. The van der Waals surface area contributed by atoms with Crippen molar-refractivity contribution in [1.29, 1.82) is 0 Å². The molecule has 0 heterocycles. The van der Waals surface area contributed by atoms with Crippen LogP contribution in [0, 0.1) is 5.92 Å². The lowest BCUT2D eigenvalue weighted by atomic mass is 10.1. The van der Waals surface area contributed by atoms with Crippen molar-refractivity contribution in [2.45, 2.75) is 38.2 Å². The Bertz CT molecular complexity index is 405. The average molecular weight is 256 g/mol. The van der Waals surface area contributed by atoms with Crippen LogP contribution in [0.25, 0.3) is 0 Å². The summed E-state index contributed by atoms with van der Waals surface area (Å²) < 4.78 is 31.5. The van der Waals surface area contributed by atoms with E-state index in [1.807, 2.05) is 0 Å². The standard InChI is InChI=1S/C14H18F2O2/c1-10(17)12-3-2-4-13(7-12)18-9-11-5-6-14(15,16)8-11/h2-4,7,10-11,17H,5-6,8-9H2,1H3/t10-,11?/m0/s1. The second kappa shape index (κ2) is 5.22. The summed E-state index contributed by atoms with van der Waals surface area (Å²) in [7, 11) is 0. The van der Waals surface area contributed by atoms with E-state index >= 15 is 0 Å². The first-order valence-electron chi connectivity index (χ1n) is 6.25. The molecule has 2 nitrogen and oxygen atoms in total. The molecule has 1 aromatic rings. The summed E-state index contributed by atoms with van der Waals surface area (Å²) in [6.45, 7) is 2.00. The van der Waals surface area contributed by atoms with Crippen molar-refractivity contribution in [3.63, 3.8) is 0 Å². The minimum Gasteiger partial charge on any atom is -0.493 e. The summed E-state index contributed by atoms with van der Waals surface area (Å²) in [6.07, 6.45) is -0.148. The third kappa shape index (κ3) is 3.42. The molecule has 0 amide bonds. The van der Waals surface area contributed by atoms with Gasteiger partial charge in [0.25, 0.3) is 0 Å². The fourth-order valence-corrected chi connectivity index (χ4v) is 2.26. The summed E-state index contributed by atoms with van der Waals surface area (Å²) >= 11 is 0. The van der Waals surface area contributed by atoms with Crippen molar-refractivity contribution in [2.24, 2.45) is 5.92 Å². The number of benzene rings is 1. The van der Waals surface area contributed by atoms with Gasteiger partial charge >= 0.3 is 0 Å². The van der Waals surface area contributed by atoms with Crippen LogP contribution in [-0.4, -0.2) is 17.6 Å². The minimum absolute atomic E-state index is 0.0330. The fourth-order valence-electron chi connectivity index (χ4n) is 2.26. The Morgan fingerprint density at radius 3 is 2.89 bits per heavy atom. The predicted octanol–water partition coefficient (Wildman–Crippen LogP) is 3.55. The highest BCUT2D eigenvalue weighted by molar-refractivity contribution is 5.29. The van der Waals surface area contributed by atoms with Crippen molar-refractivity contribution in [2.75, 3.05) is 6.61 Å². The molecule has 18 heavy (non-hydrogen) atoms. The largest absolute Gasteiger partial charge is 0.493 e. The van der Waals surface area contributed by atoms with Gasteiger partial charge in [-0.25, -0.2) is 8.78 Å². The second-order valence-electron chi connectivity index (χ2n) is 5.02. The molecule has 1 unspecified atom stereocenters. The average Bonchev–Trinajstić information content (AvgIpc) is 2.67. The van der Waals surface area contributed by atoms with Crippen LogP contribution < -0.4 is 4.74 Å². The summed E-state index contributed by atoms with van der Waals surface area (Å²) in [6, 6.07) is 7.12. The molecule has 1 saturated carbocycles. The zero-order valence-corrected chi connectivity index (χ0v) is 10.4. The molecule has 2 atom stereocenters. The Labute approximate surface area is 106 Å². The number of aliphatic hydroxyl groups is 1. The van der Waals surface area contributed by atoms with E-state index < -0.39 is 12.0 Å². The number of hydrogen-bond donors (Lipinski definition) is 1. The van der Waals surface area contributed by atoms with Gasteiger partial charge in [-0.1, -0.05) is 12.1 Å². The molecular formula is C14H18F2O2. The van der Waals surface area contributed by atoms with Crippen LogP contribution in [0.4, 0.5) is 8.78 Å². The molecule has 1 aliphatic rings. The Morgan fingerprint density at radius 2 is 2.28 bits per heavy atom. The first-order chi connectivity index (χ1) is 8.46. The topological polar surface area (TPSA) is 29.5 Å². The quantitative estimate of drug-likeness (QED) is 0.892. The van der Waals surface area contributed by atoms with Crippen LogP contribution in [0.1, 0.15) is 37.9 Å². The first-order valence-corrected chi connectivity index (χ1v) is 6.25. The fraction of sp³-hybridized carbons (Fsp3) is 0.571. The summed E-state index contributed by atoms with van der Waals surface area (Å²) in [5, 5.41) is 9.44. The molecule has 1 aliphatic carbocycles. The molecule has 0 aliphatic heterocycles. The van der Waals surface area contributed by atoms with E-state index in [9.17, 15) is 13.9 Å². The van der Waals surface area contributed by atoms with E-state index in [1.54, 1.807) is 31.2 Å². The van der Waals surface area contributed by atoms with E-state index in [0.717, 1.165) is 5.56 Å². The number of alkyl halides is 2. The Morgan fingerprint density at radius 1 is 1.50 bits per heavy atom. The molecule has 2 rings (SSSR count). The second-order valence-corrected chi connectivity index (χ2v) is 5.02. The summed E-state index contributed by atoms with van der Waals surface area (Å²) in [4.78, 5) is 0. The van der Waals surface area contributed by atoms with Gasteiger partial charge in [-0.05, 0) is 37.0 Å². The van der Waals surface area contributed by atoms with Crippen molar-refractivity contribution in [1.82, 2.24) is 0 Å². The molecular weight excluding hydrogens is 238 g/mol. The molecule has 100 valence electrons. The van der Waals surface area contributed by atoms with Gasteiger partial charge < -0.3 is 9.84 Å². The van der Waals surface area contributed by atoms with Gasteiger partial charge in [0.1, 0.15) is 5.75 Å². The summed E-state index contributed by atoms with van der Waals surface area (Å²) in [5.74, 6) is -1.96. The van der Waals surface area contributed by atoms with Crippen LogP contribution in [0.2, 0.25) is 0 Å². The van der Waals surface area contributed by atoms with Crippen molar-refractivity contribution >= 4 is 0 Å². The van der Waals surface area contributed by atoms with Crippen molar-refractivity contribution < 1.29 is 18.6 Å². The van der Waals surface area contributed by atoms with E-state index in [4.69, 9.17) is 4.74 Å². The lowest BCUT2D eigenvalue weighted by Crippen LogP contribution is -2.13. The van der Waals surface area contributed by atoms with Crippen LogP contribution in [0.3, 0.4) is 0 Å². The zero-order chi connectivity index (χ0) is 13.2. The maximum atomic E-state index is 13.0. The first kappa shape index (κ1) is 13.3. The van der Waals surface area contributed by atoms with Gasteiger partial charge in [0.05, 0.1) is 12.7 Å². The van der Waals surface area contributed by atoms with E-state index in [-0.39, 0.29) is 18.8 Å². The van der Waals surface area contributed by atoms with Gasteiger partial charge in [0, 0.05) is 12.8 Å². The number of aliphatic hydroxyl groups excluding tert-OH is 1. The van der Waals surface area contributed by atoms with E-state index in [2.05, 4.69) is 0 Å². The van der Waals surface area contributed by atoms with Gasteiger partial charge in [0.2, 0.25) is 5.92 Å². The number of rotatable bonds is 4. The lowest BCUT2D eigenvalue weighted by Gasteiger charge is -2.13. The highest BCUT2D eigenvalue weighted by Gasteiger charge is 2.39. The molecule has 1 N–H and O–H groups in total. The Hall–Kier alpha value is -1.16. The maximum absolute atomic E-state index is 13.0. The third-order valence-corrected chi connectivity index (χ3v) is 3.33. The minimum atomic E-state index is -2.52. The van der Waals surface area contributed by atoms with Gasteiger partial charge in [-0.3, -0.25) is 0 Å². The van der Waals surface area contributed by atoms with E-state index in [0.29, 0.717) is 18.8 Å². The molecule has 0 bridgehead atoms. The number of halogens is 2. The van der Waals surface area contributed by atoms with Gasteiger partial charge in [-0.15, -0.1) is 0 Å². The van der Waals surface area contributed by atoms with Gasteiger partial charge in [0.15, 0.2) is 0 Å². The maximum Gasteiger partial charge on any atom is 0.248 e.